The van der Waals surface area contributed by atoms with Crippen LogP contribution in [0.5, 0.6) is 0 Å². The van der Waals surface area contributed by atoms with Gasteiger partial charge in [-0.3, -0.25) is 4.79 Å². The van der Waals surface area contributed by atoms with Crippen LogP contribution in [0.25, 0.3) is 33.5 Å². The lowest BCUT2D eigenvalue weighted by atomic mass is 9.86. The molecule has 0 radical (unpaired) electrons. The average Bonchev–Trinajstić information content (AvgIpc) is 3.33. The molecule has 0 spiro atoms. The fraction of sp³-hybridized carbons (Fsp3) is 0.280. The van der Waals surface area contributed by atoms with Crippen LogP contribution in [0.3, 0.4) is 0 Å². The van der Waals surface area contributed by atoms with Gasteiger partial charge in [0.25, 0.3) is 0 Å². The van der Waals surface area contributed by atoms with Crippen LogP contribution < -0.4 is 5.43 Å². The second-order valence-electron chi connectivity index (χ2n) is 8.74. The van der Waals surface area contributed by atoms with Crippen LogP contribution in [0.4, 0.5) is 0 Å². The molecular formula is C25H24N2O3. The number of fused-ring (bicyclic) bond motifs is 2. The Balaban J connectivity index is 1.64. The molecule has 0 bridgehead atoms. The highest BCUT2D eigenvalue weighted by Gasteiger charge is 2.37. The summed E-state index contributed by atoms with van der Waals surface area (Å²) in [6.07, 6.45) is 4.10. The van der Waals surface area contributed by atoms with Crippen molar-refractivity contribution < 1.29 is 9.15 Å². The lowest BCUT2D eigenvalue weighted by molar-refractivity contribution is 0.0930. The van der Waals surface area contributed by atoms with E-state index in [-0.39, 0.29) is 16.9 Å². The Kier molecular flexibility index (Phi) is 4.19. The average molecular weight is 400 g/mol. The smallest absolute Gasteiger partial charge is 0.190 e. The normalized spacial score (nSPS) is 17.4. The number of rotatable bonds is 3. The molecule has 2 aromatic heterocycles. The van der Waals surface area contributed by atoms with Gasteiger partial charge < -0.3 is 14.1 Å². The van der Waals surface area contributed by atoms with Gasteiger partial charge in [-0.2, -0.15) is 0 Å². The van der Waals surface area contributed by atoms with E-state index in [4.69, 9.17) is 9.15 Å². The molecule has 2 aromatic carbocycles. The monoisotopic (exact) mass is 400 g/mol. The Morgan fingerprint density at radius 3 is 2.77 bits per heavy atom. The number of hydrogen-bond acceptors (Lipinski definition) is 4. The van der Waals surface area contributed by atoms with Gasteiger partial charge in [0.15, 0.2) is 17.6 Å². The Hall–Kier alpha value is -3.18. The summed E-state index contributed by atoms with van der Waals surface area (Å²) in [5.41, 5.74) is 7.08. The minimum Gasteiger partial charge on any atom is -0.444 e. The van der Waals surface area contributed by atoms with Gasteiger partial charge >= 0.3 is 0 Å². The van der Waals surface area contributed by atoms with Crippen molar-refractivity contribution >= 4 is 10.9 Å². The van der Waals surface area contributed by atoms with E-state index in [0.29, 0.717) is 11.1 Å². The number of aromatic nitrogens is 2. The number of aryl methyl sites for hydroxylation is 1. The molecule has 0 saturated heterocycles. The predicted octanol–water partition coefficient (Wildman–Crippen LogP) is 5.53. The summed E-state index contributed by atoms with van der Waals surface area (Å²) in [5.74, 6) is 0.657. The standard InChI is InChI=1S/C25H24N2O3/c1-14-7-21-18(9-16(14)24-12-26-13-30-24)22(28)10-20(27-21)15-5-6-19-17(8-15)23(29-4)11-25(19,2)3/h5-10,12-13,23H,11H2,1-4H3,(H,27,28). The lowest BCUT2D eigenvalue weighted by Gasteiger charge is -2.19. The number of aromatic amines is 1. The number of oxazole rings is 1. The number of nitrogens with one attached hydrogen (secondary N) is 1. The van der Waals surface area contributed by atoms with Crippen LogP contribution in [0.15, 0.2) is 58.2 Å². The van der Waals surface area contributed by atoms with Crippen LogP contribution >= 0.6 is 0 Å². The SMILES string of the molecule is COC1CC(C)(C)c2ccc(-c3cc(=O)c4cc(-c5cnco5)c(C)cc4[nH]3)cc21. The van der Waals surface area contributed by atoms with E-state index in [1.165, 1.54) is 17.5 Å². The van der Waals surface area contributed by atoms with Crippen LogP contribution in [-0.4, -0.2) is 17.1 Å². The van der Waals surface area contributed by atoms with Crippen molar-refractivity contribution in [1.82, 2.24) is 9.97 Å². The van der Waals surface area contributed by atoms with E-state index >= 15 is 0 Å². The maximum Gasteiger partial charge on any atom is 0.190 e. The minimum atomic E-state index is -0.0244. The van der Waals surface area contributed by atoms with Gasteiger partial charge in [0.05, 0.1) is 17.8 Å². The number of ether oxygens (including phenoxy) is 1. The van der Waals surface area contributed by atoms with Crippen LogP contribution in [0.1, 0.15) is 43.1 Å². The zero-order chi connectivity index (χ0) is 21.0. The highest BCUT2D eigenvalue weighted by molar-refractivity contribution is 5.87. The predicted molar refractivity (Wildman–Crippen MR) is 118 cm³/mol. The van der Waals surface area contributed by atoms with Crippen molar-refractivity contribution in [3.63, 3.8) is 0 Å². The zero-order valence-corrected chi connectivity index (χ0v) is 17.6. The molecule has 0 fully saturated rings. The fourth-order valence-electron chi connectivity index (χ4n) is 4.68. The van der Waals surface area contributed by atoms with E-state index < -0.39 is 0 Å². The second kappa shape index (κ2) is 6.67. The van der Waals surface area contributed by atoms with Crippen LogP contribution in [0, 0.1) is 6.92 Å². The molecule has 30 heavy (non-hydrogen) atoms. The first-order chi connectivity index (χ1) is 14.4. The highest BCUT2D eigenvalue weighted by atomic mass is 16.5. The van der Waals surface area contributed by atoms with Crippen molar-refractivity contribution in [2.75, 3.05) is 7.11 Å². The first-order valence-corrected chi connectivity index (χ1v) is 10.1. The fourth-order valence-corrected chi connectivity index (χ4v) is 4.68. The summed E-state index contributed by atoms with van der Waals surface area (Å²) < 4.78 is 11.2. The van der Waals surface area contributed by atoms with Crippen LogP contribution in [0.2, 0.25) is 0 Å². The van der Waals surface area contributed by atoms with E-state index in [2.05, 4.69) is 42.0 Å². The zero-order valence-electron chi connectivity index (χ0n) is 17.6. The van der Waals surface area contributed by atoms with Gasteiger partial charge in [-0.15, -0.1) is 0 Å². The summed E-state index contributed by atoms with van der Waals surface area (Å²) >= 11 is 0. The third-order valence-corrected chi connectivity index (χ3v) is 6.29. The molecule has 1 unspecified atom stereocenters. The highest BCUT2D eigenvalue weighted by Crippen LogP contribution is 2.47. The summed E-state index contributed by atoms with van der Waals surface area (Å²) in [5, 5.41) is 0.632. The van der Waals surface area contributed by atoms with Crippen molar-refractivity contribution in [3.8, 4) is 22.6 Å². The Morgan fingerprint density at radius 2 is 2.03 bits per heavy atom. The molecule has 5 nitrogen and oxygen atoms in total. The molecule has 152 valence electrons. The van der Waals surface area contributed by atoms with Crippen molar-refractivity contribution in [2.45, 2.75) is 38.7 Å². The molecule has 1 aliphatic rings. The number of methoxy groups -OCH3 is 1. The number of hydrogen-bond donors (Lipinski definition) is 1. The minimum absolute atomic E-state index is 0.0244. The first-order valence-electron chi connectivity index (χ1n) is 10.1. The molecular weight excluding hydrogens is 376 g/mol. The second-order valence-corrected chi connectivity index (χ2v) is 8.74. The third kappa shape index (κ3) is 2.89. The summed E-state index contributed by atoms with van der Waals surface area (Å²) in [4.78, 5) is 20.4. The molecule has 5 rings (SSSR count). The number of nitrogens with zero attached hydrogens (tertiary/aromatic N) is 1. The van der Waals surface area contributed by atoms with Gasteiger partial charge in [0.1, 0.15) is 0 Å². The van der Waals surface area contributed by atoms with Crippen molar-refractivity contribution in [3.05, 3.63) is 75.9 Å². The van der Waals surface area contributed by atoms with Crippen LogP contribution in [-0.2, 0) is 10.2 Å². The molecule has 4 aromatic rings. The lowest BCUT2D eigenvalue weighted by Crippen LogP contribution is -2.12. The molecule has 0 aliphatic heterocycles. The van der Waals surface area contributed by atoms with E-state index in [9.17, 15) is 4.79 Å². The molecule has 1 aliphatic carbocycles. The number of pyridine rings is 1. The quantitative estimate of drug-likeness (QED) is 0.491. The molecule has 1 N–H and O–H groups in total. The van der Waals surface area contributed by atoms with E-state index in [1.807, 2.05) is 19.1 Å². The van der Waals surface area contributed by atoms with Gasteiger partial charge in [-0.1, -0.05) is 26.0 Å². The third-order valence-electron chi connectivity index (χ3n) is 6.29. The van der Waals surface area contributed by atoms with E-state index in [0.717, 1.165) is 34.3 Å². The Labute approximate surface area is 174 Å². The first kappa shape index (κ1) is 18.8. The topological polar surface area (TPSA) is 68.1 Å². The van der Waals surface area contributed by atoms with Crippen molar-refractivity contribution in [2.24, 2.45) is 0 Å². The molecule has 5 heteroatoms. The van der Waals surface area contributed by atoms with Gasteiger partial charge in [0, 0.05) is 29.8 Å². The molecule has 0 saturated carbocycles. The number of benzene rings is 2. The maximum absolute atomic E-state index is 13.0. The summed E-state index contributed by atoms with van der Waals surface area (Å²) in [6.45, 7) is 6.50. The maximum atomic E-state index is 13.0. The largest absolute Gasteiger partial charge is 0.444 e. The Bertz CT molecular complexity index is 1320. The number of H-pyrrole nitrogens is 1. The van der Waals surface area contributed by atoms with E-state index in [1.54, 1.807) is 19.4 Å². The van der Waals surface area contributed by atoms with Crippen molar-refractivity contribution in [1.29, 1.82) is 0 Å². The summed E-state index contributed by atoms with van der Waals surface area (Å²) in [6, 6.07) is 12.0. The summed E-state index contributed by atoms with van der Waals surface area (Å²) in [7, 11) is 1.76. The molecule has 1 atom stereocenters. The Morgan fingerprint density at radius 1 is 1.20 bits per heavy atom. The van der Waals surface area contributed by atoms with Gasteiger partial charge in [0.2, 0.25) is 0 Å². The molecule has 2 heterocycles. The van der Waals surface area contributed by atoms with Gasteiger partial charge in [-0.25, -0.2) is 4.98 Å². The molecule has 0 amide bonds. The van der Waals surface area contributed by atoms with Gasteiger partial charge in [-0.05, 0) is 59.2 Å².